The summed E-state index contributed by atoms with van der Waals surface area (Å²) >= 11 is 0. The molecule has 1 rings (SSSR count). The highest BCUT2D eigenvalue weighted by Gasteiger charge is 2.05. The first-order valence-electron chi connectivity index (χ1n) is 5.64. The second-order valence-corrected chi connectivity index (χ2v) is 3.73. The van der Waals surface area contributed by atoms with E-state index in [0.717, 1.165) is 0 Å². The quantitative estimate of drug-likeness (QED) is 0.694. The van der Waals surface area contributed by atoms with Gasteiger partial charge in [-0.3, -0.25) is 9.59 Å². The molecule has 0 unspecified atom stereocenters. The third kappa shape index (κ3) is 5.40. The molecule has 0 saturated heterocycles. The summed E-state index contributed by atoms with van der Waals surface area (Å²) in [6, 6.07) is 5.54. The van der Waals surface area contributed by atoms with E-state index in [1.54, 1.807) is 6.07 Å². The Hall–Kier alpha value is -1.95. The minimum absolute atomic E-state index is 0.139. The molecule has 0 bridgehead atoms. The lowest BCUT2D eigenvalue weighted by atomic mass is 10.3. The summed E-state index contributed by atoms with van der Waals surface area (Å²) in [6.45, 7) is 0.294. The summed E-state index contributed by atoms with van der Waals surface area (Å²) in [7, 11) is 0. The monoisotopic (exact) mass is 253 g/mol. The smallest absolute Gasteiger partial charge is 0.243 e. The van der Waals surface area contributed by atoms with E-state index in [2.05, 4.69) is 10.6 Å². The Morgan fingerprint density at radius 2 is 2.06 bits per heavy atom. The predicted octanol–water partition coefficient (Wildman–Crippen LogP) is 0.619. The van der Waals surface area contributed by atoms with Gasteiger partial charge in [0, 0.05) is 12.1 Å². The van der Waals surface area contributed by atoms with Gasteiger partial charge in [0.05, 0.1) is 6.54 Å². The van der Waals surface area contributed by atoms with Crippen molar-refractivity contribution in [2.45, 2.75) is 12.8 Å². The third-order valence-corrected chi connectivity index (χ3v) is 2.16. The first kappa shape index (κ1) is 14.1. The van der Waals surface area contributed by atoms with E-state index in [1.165, 1.54) is 18.2 Å². The summed E-state index contributed by atoms with van der Waals surface area (Å²) in [5, 5.41) is 4.93. The Morgan fingerprint density at radius 1 is 1.28 bits per heavy atom. The van der Waals surface area contributed by atoms with Gasteiger partial charge in [-0.05, 0) is 31.2 Å². The van der Waals surface area contributed by atoms with Crippen molar-refractivity contribution in [2.75, 3.05) is 18.4 Å². The van der Waals surface area contributed by atoms with E-state index < -0.39 is 11.7 Å². The minimum Gasteiger partial charge on any atom is -0.347 e. The van der Waals surface area contributed by atoms with Gasteiger partial charge in [0.2, 0.25) is 11.8 Å². The van der Waals surface area contributed by atoms with Crippen LogP contribution in [0.25, 0.3) is 0 Å². The van der Waals surface area contributed by atoms with Crippen LogP contribution in [0.15, 0.2) is 24.3 Å². The van der Waals surface area contributed by atoms with Crippen LogP contribution in [0.2, 0.25) is 0 Å². The van der Waals surface area contributed by atoms with Crippen molar-refractivity contribution >= 4 is 17.5 Å². The number of hydrogen-bond acceptors (Lipinski definition) is 3. The number of nitrogens with one attached hydrogen (secondary N) is 2. The van der Waals surface area contributed by atoms with Gasteiger partial charge < -0.3 is 16.4 Å². The van der Waals surface area contributed by atoms with Crippen LogP contribution in [0.5, 0.6) is 0 Å². The number of anilines is 1. The van der Waals surface area contributed by atoms with Crippen molar-refractivity contribution in [1.29, 1.82) is 0 Å². The van der Waals surface area contributed by atoms with E-state index in [4.69, 9.17) is 5.73 Å². The van der Waals surface area contributed by atoms with E-state index >= 15 is 0 Å². The van der Waals surface area contributed by atoms with E-state index in [1.807, 2.05) is 0 Å². The molecule has 4 N–H and O–H groups in total. The molecule has 0 spiro atoms. The molecular weight excluding hydrogens is 237 g/mol. The second-order valence-electron chi connectivity index (χ2n) is 3.73. The van der Waals surface area contributed by atoms with Crippen LogP contribution in [0.3, 0.4) is 0 Å². The number of hydrogen-bond donors (Lipinski definition) is 3. The Bertz CT molecular complexity index is 424. The largest absolute Gasteiger partial charge is 0.347 e. The van der Waals surface area contributed by atoms with Crippen molar-refractivity contribution in [3.63, 3.8) is 0 Å². The maximum Gasteiger partial charge on any atom is 0.243 e. The summed E-state index contributed by atoms with van der Waals surface area (Å²) in [4.78, 5) is 22.6. The molecule has 0 aliphatic heterocycles. The molecule has 5 nitrogen and oxygen atoms in total. The van der Waals surface area contributed by atoms with Crippen LogP contribution in [0.4, 0.5) is 10.1 Å². The molecule has 2 amide bonds. The molecule has 18 heavy (non-hydrogen) atoms. The maximum atomic E-state index is 12.8. The van der Waals surface area contributed by atoms with Crippen molar-refractivity contribution < 1.29 is 14.0 Å². The first-order valence-corrected chi connectivity index (χ1v) is 5.64. The maximum absolute atomic E-state index is 12.8. The highest BCUT2D eigenvalue weighted by Crippen LogP contribution is 2.08. The molecule has 0 saturated carbocycles. The van der Waals surface area contributed by atoms with E-state index in [9.17, 15) is 14.0 Å². The molecule has 0 radical (unpaired) electrons. The second kappa shape index (κ2) is 7.39. The van der Waals surface area contributed by atoms with Crippen LogP contribution in [0, 0.1) is 5.82 Å². The molecule has 0 atom stereocenters. The average Bonchev–Trinajstić information content (AvgIpc) is 2.34. The molecule has 0 aromatic heterocycles. The van der Waals surface area contributed by atoms with Crippen molar-refractivity contribution in [2.24, 2.45) is 5.73 Å². The summed E-state index contributed by atoms with van der Waals surface area (Å²) in [5.74, 6) is -1.06. The zero-order chi connectivity index (χ0) is 13.4. The fraction of sp³-hybridized carbons (Fsp3) is 0.333. The number of halogens is 1. The predicted molar refractivity (Wildman–Crippen MR) is 66.3 cm³/mol. The van der Waals surface area contributed by atoms with Gasteiger partial charge in [0.15, 0.2) is 0 Å². The third-order valence-electron chi connectivity index (χ3n) is 2.16. The molecule has 0 aliphatic carbocycles. The zero-order valence-corrected chi connectivity index (χ0v) is 9.91. The summed E-state index contributed by atoms with van der Waals surface area (Å²) < 4.78 is 12.8. The molecule has 1 aromatic carbocycles. The average molecular weight is 253 g/mol. The lowest BCUT2D eigenvalue weighted by molar-refractivity contribution is -0.124. The SMILES string of the molecule is NCCCC(=O)NCC(=O)Nc1cccc(F)c1. The van der Waals surface area contributed by atoms with Crippen molar-refractivity contribution in [1.82, 2.24) is 5.32 Å². The van der Waals surface area contributed by atoms with Gasteiger partial charge >= 0.3 is 0 Å². The molecule has 6 heteroatoms. The van der Waals surface area contributed by atoms with Crippen LogP contribution < -0.4 is 16.4 Å². The Balaban J connectivity index is 2.31. The topological polar surface area (TPSA) is 84.2 Å². The molecule has 0 heterocycles. The van der Waals surface area contributed by atoms with Crippen molar-refractivity contribution in [3.05, 3.63) is 30.1 Å². The van der Waals surface area contributed by atoms with Crippen LogP contribution in [-0.4, -0.2) is 24.9 Å². The Kier molecular flexibility index (Phi) is 5.79. The highest BCUT2D eigenvalue weighted by atomic mass is 19.1. The standard InChI is InChI=1S/C12H16FN3O2/c13-9-3-1-4-10(7-9)16-12(18)8-15-11(17)5-2-6-14/h1,3-4,7H,2,5-6,8,14H2,(H,15,17)(H,16,18). The molecular formula is C12H16FN3O2. The first-order chi connectivity index (χ1) is 8.61. The lowest BCUT2D eigenvalue weighted by Crippen LogP contribution is -2.32. The van der Waals surface area contributed by atoms with Gasteiger partial charge in [-0.25, -0.2) is 4.39 Å². The van der Waals surface area contributed by atoms with E-state index in [-0.39, 0.29) is 12.5 Å². The summed E-state index contributed by atoms with van der Waals surface area (Å²) in [5.41, 5.74) is 5.61. The van der Waals surface area contributed by atoms with Crippen LogP contribution in [0.1, 0.15) is 12.8 Å². The number of nitrogens with two attached hydrogens (primary N) is 1. The number of rotatable bonds is 6. The van der Waals surface area contributed by atoms with Gasteiger partial charge in [-0.2, -0.15) is 0 Å². The number of benzene rings is 1. The normalized spacial score (nSPS) is 9.89. The highest BCUT2D eigenvalue weighted by molar-refractivity contribution is 5.94. The van der Waals surface area contributed by atoms with Gasteiger partial charge in [-0.1, -0.05) is 6.07 Å². The lowest BCUT2D eigenvalue weighted by Gasteiger charge is -2.06. The molecule has 98 valence electrons. The summed E-state index contributed by atoms with van der Waals surface area (Å²) in [6.07, 6.45) is 0.876. The molecule has 0 fully saturated rings. The van der Waals surface area contributed by atoms with Crippen molar-refractivity contribution in [3.8, 4) is 0 Å². The van der Waals surface area contributed by atoms with Crippen LogP contribution >= 0.6 is 0 Å². The fourth-order valence-electron chi connectivity index (χ4n) is 1.30. The molecule has 0 aliphatic rings. The molecule has 1 aromatic rings. The number of carbonyl (C=O) groups excluding carboxylic acids is 2. The number of amides is 2. The zero-order valence-electron chi connectivity index (χ0n) is 9.91. The Labute approximate surface area is 105 Å². The van der Waals surface area contributed by atoms with Crippen LogP contribution in [-0.2, 0) is 9.59 Å². The minimum atomic E-state index is -0.431. The fourth-order valence-corrected chi connectivity index (χ4v) is 1.30. The number of carbonyl (C=O) groups is 2. The van der Waals surface area contributed by atoms with Gasteiger partial charge in [-0.15, -0.1) is 0 Å². The van der Waals surface area contributed by atoms with Gasteiger partial charge in [0.25, 0.3) is 0 Å². The van der Waals surface area contributed by atoms with Gasteiger partial charge in [0.1, 0.15) is 5.82 Å². The van der Waals surface area contributed by atoms with E-state index in [0.29, 0.717) is 25.1 Å². The Morgan fingerprint density at radius 3 is 2.72 bits per heavy atom.